The fourth-order valence-corrected chi connectivity index (χ4v) is 2.45. The van der Waals surface area contributed by atoms with Crippen LogP contribution < -0.4 is 10.1 Å². The van der Waals surface area contributed by atoms with E-state index in [9.17, 15) is 22.4 Å². The Bertz CT molecular complexity index is 778. The van der Waals surface area contributed by atoms with Gasteiger partial charge in [-0.25, -0.2) is 4.39 Å². The van der Waals surface area contributed by atoms with Crippen LogP contribution in [0.5, 0.6) is 5.75 Å². The number of benzene rings is 2. The average Bonchev–Trinajstić information content (AvgIpc) is 2.54. The minimum Gasteiger partial charge on any atom is -0.494 e. The van der Waals surface area contributed by atoms with E-state index in [4.69, 9.17) is 4.74 Å². The number of rotatable bonds is 6. The van der Waals surface area contributed by atoms with E-state index in [0.717, 1.165) is 6.07 Å². The third kappa shape index (κ3) is 5.19. The normalized spacial score (nSPS) is 11.5. The number of likely N-dealkylation sites (N-methyl/N-ethyl adjacent to an activating group) is 1. The maximum Gasteiger partial charge on any atom is 0.418 e. The lowest BCUT2D eigenvalue weighted by atomic mass is 10.1. The van der Waals surface area contributed by atoms with Crippen LogP contribution in [0.4, 0.5) is 23.2 Å². The van der Waals surface area contributed by atoms with Crippen molar-refractivity contribution in [2.45, 2.75) is 12.7 Å². The van der Waals surface area contributed by atoms with Crippen LogP contribution in [0.3, 0.4) is 0 Å². The van der Waals surface area contributed by atoms with Crippen molar-refractivity contribution in [1.82, 2.24) is 4.90 Å². The Hall–Kier alpha value is -2.61. The molecule has 0 aliphatic heterocycles. The van der Waals surface area contributed by atoms with Gasteiger partial charge in [0.25, 0.3) is 0 Å². The Balaban J connectivity index is 1.99. The number of halogens is 4. The van der Waals surface area contributed by atoms with Crippen molar-refractivity contribution in [3.63, 3.8) is 0 Å². The highest BCUT2D eigenvalue weighted by molar-refractivity contribution is 5.93. The quantitative estimate of drug-likeness (QED) is 0.784. The van der Waals surface area contributed by atoms with Crippen LogP contribution in [-0.4, -0.2) is 31.5 Å². The van der Waals surface area contributed by atoms with Gasteiger partial charge in [-0.2, -0.15) is 13.2 Å². The number of hydrogen-bond donors (Lipinski definition) is 1. The van der Waals surface area contributed by atoms with Crippen LogP contribution >= 0.6 is 0 Å². The van der Waals surface area contributed by atoms with E-state index < -0.39 is 23.5 Å². The molecule has 2 rings (SSSR count). The predicted molar refractivity (Wildman–Crippen MR) is 89.4 cm³/mol. The van der Waals surface area contributed by atoms with E-state index in [-0.39, 0.29) is 24.5 Å². The molecule has 4 nitrogen and oxygen atoms in total. The molecule has 2 aromatic rings. The first-order chi connectivity index (χ1) is 12.2. The Kier molecular flexibility index (Phi) is 6.20. The minimum absolute atomic E-state index is 0.109. The molecule has 8 heteroatoms. The smallest absolute Gasteiger partial charge is 0.418 e. The molecule has 0 saturated heterocycles. The van der Waals surface area contributed by atoms with Crippen LogP contribution in [0.2, 0.25) is 0 Å². The maximum absolute atomic E-state index is 13.7. The molecule has 140 valence electrons. The number of methoxy groups -OCH3 is 1. The molecule has 0 saturated carbocycles. The van der Waals surface area contributed by atoms with Crippen molar-refractivity contribution in [1.29, 1.82) is 0 Å². The fourth-order valence-electron chi connectivity index (χ4n) is 2.45. The van der Waals surface area contributed by atoms with Crippen LogP contribution in [0.25, 0.3) is 0 Å². The average molecular weight is 370 g/mol. The summed E-state index contributed by atoms with van der Waals surface area (Å²) < 4.78 is 57.3. The largest absolute Gasteiger partial charge is 0.494 e. The summed E-state index contributed by atoms with van der Waals surface area (Å²) in [5.74, 6) is -1.02. The summed E-state index contributed by atoms with van der Waals surface area (Å²) in [6.45, 7) is 0.0924. The monoisotopic (exact) mass is 370 g/mol. The number of anilines is 1. The fraction of sp³-hybridized carbons (Fsp3) is 0.278. The molecule has 0 bridgehead atoms. The van der Waals surface area contributed by atoms with Gasteiger partial charge in [0.1, 0.15) is 0 Å². The summed E-state index contributed by atoms with van der Waals surface area (Å²) in [6, 6.07) is 9.16. The van der Waals surface area contributed by atoms with Gasteiger partial charge in [0.05, 0.1) is 24.9 Å². The SMILES string of the molecule is COc1ccc(CN(C)CC(=O)Nc2ccccc2C(F)(F)F)cc1F. The molecular formula is C18H18F4N2O2. The summed E-state index contributed by atoms with van der Waals surface area (Å²) in [4.78, 5) is 13.6. The van der Waals surface area contributed by atoms with E-state index in [2.05, 4.69) is 5.32 Å². The van der Waals surface area contributed by atoms with E-state index in [1.54, 1.807) is 18.0 Å². The Morgan fingerprint density at radius 3 is 2.50 bits per heavy atom. The third-order valence-electron chi connectivity index (χ3n) is 3.59. The van der Waals surface area contributed by atoms with Crippen molar-refractivity contribution in [3.8, 4) is 5.75 Å². The van der Waals surface area contributed by atoms with E-state index in [1.165, 1.54) is 37.4 Å². The zero-order chi connectivity index (χ0) is 19.3. The zero-order valence-electron chi connectivity index (χ0n) is 14.2. The van der Waals surface area contributed by atoms with Gasteiger partial charge in [0, 0.05) is 6.54 Å². The number of ether oxygens (including phenoxy) is 1. The standard InChI is InChI=1S/C18H18F4N2O2/c1-24(10-12-7-8-16(26-2)14(19)9-12)11-17(25)23-15-6-4-3-5-13(15)18(20,21)22/h3-9H,10-11H2,1-2H3,(H,23,25). The molecule has 0 aliphatic carbocycles. The van der Waals surface area contributed by atoms with Crippen LogP contribution in [0.15, 0.2) is 42.5 Å². The lowest BCUT2D eigenvalue weighted by Crippen LogP contribution is -2.30. The molecule has 0 radical (unpaired) electrons. The van der Waals surface area contributed by atoms with Crippen LogP contribution in [0, 0.1) is 5.82 Å². The van der Waals surface area contributed by atoms with Crippen molar-refractivity contribution in [2.24, 2.45) is 0 Å². The molecule has 0 spiro atoms. The number of carbonyl (C=O) groups is 1. The number of nitrogens with zero attached hydrogens (tertiary/aromatic N) is 1. The van der Waals surface area contributed by atoms with Crippen molar-refractivity contribution in [3.05, 3.63) is 59.4 Å². The Morgan fingerprint density at radius 1 is 1.19 bits per heavy atom. The molecular weight excluding hydrogens is 352 g/mol. The topological polar surface area (TPSA) is 41.6 Å². The number of carbonyl (C=O) groups excluding carboxylic acids is 1. The Labute approximate surface area is 148 Å². The molecule has 0 unspecified atom stereocenters. The van der Waals surface area contributed by atoms with Crippen molar-refractivity contribution in [2.75, 3.05) is 26.0 Å². The van der Waals surface area contributed by atoms with E-state index >= 15 is 0 Å². The summed E-state index contributed by atoms with van der Waals surface area (Å²) in [5.41, 5.74) is -0.601. The van der Waals surface area contributed by atoms with Crippen LogP contribution in [0.1, 0.15) is 11.1 Å². The Morgan fingerprint density at radius 2 is 1.88 bits per heavy atom. The second-order valence-corrected chi connectivity index (χ2v) is 5.73. The minimum atomic E-state index is -4.56. The molecule has 26 heavy (non-hydrogen) atoms. The number of hydrogen-bond acceptors (Lipinski definition) is 3. The van der Waals surface area contributed by atoms with Gasteiger partial charge in [-0.15, -0.1) is 0 Å². The van der Waals surface area contributed by atoms with Crippen LogP contribution in [-0.2, 0) is 17.5 Å². The van der Waals surface area contributed by atoms with Gasteiger partial charge in [-0.3, -0.25) is 9.69 Å². The van der Waals surface area contributed by atoms with Gasteiger partial charge < -0.3 is 10.1 Å². The zero-order valence-corrected chi connectivity index (χ0v) is 14.2. The maximum atomic E-state index is 13.7. The highest BCUT2D eigenvalue weighted by atomic mass is 19.4. The number of para-hydroxylation sites is 1. The molecule has 1 N–H and O–H groups in total. The summed E-state index contributed by atoms with van der Waals surface area (Å²) in [5, 5.41) is 2.27. The van der Waals surface area contributed by atoms with E-state index in [1.807, 2.05) is 0 Å². The van der Waals surface area contributed by atoms with Crippen molar-refractivity contribution < 1.29 is 27.1 Å². The third-order valence-corrected chi connectivity index (χ3v) is 3.59. The van der Waals surface area contributed by atoms with Gasteiger partial charge in [0.15, 0.2) is 11.6 Å². The molecule has 0 aromatic heterocycles. The van der Waals surface area contributed by atoms with E-state index in [0.29, 0.717) is 5.56 Å². The molecule has 0 aliphatic rings. The highest BCUT2D eigenvalue weighted by Crippen LogP contribution is 2.34. The second-order valence-electron chi connectivity index (χ2n) is 5.73. The van der Waals surface area contributed by atoms with Crippen molar-refractivity contribution >= 4 is 11.6 Å². The van der Waals surface area contributed by atoms with Gasteiger partial charge >= 0.3 is 6.18 Å². The molecule has 0 atom stereocenters. The number of alkyl halides is 3. The first-order valence-corrected chi connectivity index (χ1v) is 7.67. The first-order valence-electron chi connectivity index (χ1n) is 7.67. The number of nitrogens with one attached hydrogen (secondary N) is 1. The van der Waals surface area contributed by atoms with Gasteiger partial charge in [0.2, 0.25) is 5.91 Å². The highest BCUT2D eigenvalue weighted by Gasteiger charge is 2.33. The second kappa shape index (κ2) is 8.18. The summed E-state index contributed by atoms with van der Waals surface area (Å²) >= 11 is 0. The predicted octanol–water partition coefficient (Wildman–Crippen LogP) is 3.92. The molecule has 0 heterocycles. The lowest BCUT2D eigenvalue weighted by molar-refractivity contribution is -0.137. The molecule has 1 amide bonds. The summed E-state index contributed by atoms with van der Waals surface area (Å²) in [7, 11) is 2.96. The molecule has 0 fully saturated rings. The molecule has 2 aromatic carbocycles. The van der Waals surface area contributed by atoms with Gasteiger partial charge in [-0.05, 0) is 36.9 Å². The van der Waals surface area contributed by atoms with Gasteiger partial charge in [-0.1, -0.05) is 18.2 Å². The summed E-state index contributed by atoms with van der Waals surface area (Å²) in [6.07, 6.45) is -4.56. The number of amides is 1. The lowest BCUT2D eigenvalue weighted by Gasteiger charge is -2.18. The first kappa shape index (κ1) is 19.7.